The second kappa shape index (κ2) is 7.00. The predicted molar refractivity (Wildman–Crippen MR) is 70.4 cm³/mol. The van der Waals surface area contributed by atoms with Gasteiger partial charge in [0.1, 0.15) is 5.69 Å². The molecule has 0 radical (unpaired) electrons. The fourth-order valence-electron chi connectivity index (χ4n) is 1.89. The summed E-state index contributed by atoms with van der Waals surface area (Å²) in [6, 6.07) is 0.00658. The summed E-state index contributed by atoms with van der Waals surface area (Å²) in [5.41, 5.74) is 6.60. The van der Waals surface area contributed by atoms with Crippen molar-refractivity contribution in [2.45, 2.75) is 39.3 Å². The lowest BCUT2D eigenvalue weighted by atomic mass is 10.1. The van der Waals surface area contributed by atoms with Gasteiger partial charge in [0.25, 0.3) is 5.91 Å². The molecule has 3 N–H and O–H groups in total. The molecule has 1 amide bonds. The number of amides is 1. The summed E-state index contributed by atoms with van der Waals surface area (Å²) < 4.78 is 6.69. The van der Waals surface area contributed by atoms with Crippen molar-refractivity contribution in [3.05, 3.63) is 11.9 Å². The van der Waals surface area contributed by atoms with Gasteiger partial charge in [-0.25, -0.2) is 0 Å². The molecule has 6 nitrogen and oxygen atoms in total. The van der Waals surface area contributed by atoms with Gasteiger partial charge in [-0.1, -0.05) is 13.3 Å². The number of nitrogens with zero attached hydrogens (tertiary/aromatic N) is 2. The molecule has 0 fully saturated rings. The number of anilines is 1. The second-order valence-electron chi connectivity index (χ2n) is 4.18. The Kier molecular flexibility index (Phi) is 5.64. The van der Waals surface area contributed by atoms with E-state index >= 15 is 0 Å². The third-order valence-electron chi connectivity index (χ3n) is 2.72. The number of aromatic nitrogens is 2. The number of hydrogen-bond acceptors (Lipinski definition) is 4. The molecule has 1 rings (SSSR count). The first-order valence-corrected chi connectivity index (χ1v) is 6.25. The molecule has 18 heavy (non-hydrogen) atoms. The zero-order chi connectivity index (χ0) is 13.5. The van der Waals surface area contributed by atoms with Crippen molar-refractivity contribution in [3.8, 4) is 0 Å². The first-order chi connectivity index (χ1) is 8.63. The predicted octanol–water partition coefficient (Wildman–Crippen LogP) is 1.03. The van der Waals surface area contributed by atoms with Gasteiger partial charge in [-0.05, 0) is 13.3 Å². The minimum absolute atomic E-state index is 0.00658. The molecular formula is C12H22N4O2. The van der Waals surface area contributed by atoms with Crippen molar-refractivity contribution < 1.29 is 9.53 Å². The molecule has 0 saturated heterocycles. The summed E-state index contributed by atoms with van der Waals surface area (Å²) >= 11 is 0. The van der Waals surface area contributed by atoms with E-state index in [0.29, 0.717) is 24.5 Å². The van der Waals surface area contributed by atoms with E-state index in [0.717, 1.165) is 12.8 Å². The maximum Gasteiger partial charge on any atom is 0.271 e. The molecular weight excluding hydrogens is 232 g/mol. The lowest BCUT2D eigenvalue weighted by Gasteiger charge is -2.17. The van der Waals surface area contributed by atoms with Gasteiger partial charge in [0.2, 0.25) is 0 Å². The van der Waals surface area contributed by atoms with Gasteiger partial charge in [0.15, 0.2) is 0 Å². The van der Waals surface area contributed by atoms with Crippen molar-refractivity contribution >= 4 is 11.6 Å². The van der Waals surface area contributed by atoms with Gasteiger partial charge < -0.3 is 15.8 Å². The molecule has 0 aromatic carbocycles. The van der Waals surface area contributed by atoms with Crippen LogP contribution >= 0.6 is 0 Å². The van der Waals surface area contributed by atoms with Gasteiger partial charge in [-0.15, -0.1) is 0 Å². The van der Waals surface area contributed by atoms with E-state index in [1.807, 2.05) is 6.92 Å². The van der Waals surface area contributed by atoms with Gasteiger partial charge in [0.05, 0.1) is 24.5 Å². The Hall–Kier alpha value is -1.56. The van der Waals surface area contributed by atoms with E-state index in [-0.39, 0.29) is 11.9 Å². The zero-order valence-corrected chi connectivity index (χ0v) is 11.3. The molecule has 0 aliphatic carbocycles. The molecule has 1 atom stereocenters. The Morgan fingerprint density at radius 3 is 2.89 bits per heavy atom. The molecule has 0 aliphatic rings. The van der Waals surface area contributed by atoms with Crippen LogP contribution in [-0.4, -0.2) is 35.4 Å². The Bertz CT molecular complexity index is 383. The minimum atomic E-state index is -0.192. The SMILES string of the molecule is CCCC(COC)NC(=O)c1c(N)cnn1CC. The standard InChI is InChI=1S/C12H22N4O2/c1-4-6-9(8-18-3)15-12(17)11-10(13)7-14-16(11)5-2/h7,9H,4-6,8,13H2,1-3H3,(H,15,17). The number of nitrogen functional groups attached to an aromatic ring is 1. The summed E-state index contributed by atoms with van der Waals surface area (Å²) in [5, 5.41) is 6.99. The lowest BCUT2D eigenvalue weighted by Crippen LogP contribution is -2.39. The Balaban J connectivity index is 2.76. The number of nitrogens with two attached hydrogens (primary N) is 1. The smallest absolute Gasteiger partial charge is 0.271 e. The number of hydrogen-bond donors (Lipinski definition) is 2. The highest BCUT2D eigenvalue weighted by Gasteiger charge is 2.19. The Morgan fingerprint density at radius 1 is 1.61 bits per heavy atom. The number of carbonyl (C=O) groups excluding carboxylic acids is 1. The quantitative estimate of drug-likeness (QED) is 0.761. The highest BCUT2D eigenvalue weighted by atomic mass is 16.5. The first kappa shape index (κ1) is 14.5. The maximum absolute atomic E-state index is 12.2. The molecule has 0 spiro atoms. The lowest BCUT2D eigenvalue weighted by molar-refractivity contribution is 0.0882. The molecule has 102 valence electrons. The summed E-state index contributed by atoms with van der Waals surface area (Å²) in [6.07, 6.45) is 3.36. The largest absolute Gasteiger partial charge is 0.396 e. The monoisotopic (exact) mass is 254 g/mol. The fourth-order valence-corrected chi connectivity index (χ4v) is 1.89. The van der Waals surface area contributed by atoms with E-state index in [9.17, 15) is 4.79 Å². The molecule has 1 aromatic rings. The highest BCUT2D eigenvalue weighted by Crippen LogP contribution is 2.11. The molecule has 0 saturated carbocycles. The average Bonchev–Trinajstić information content (AvgIpc) is 2.71. The number of carbonyl (C=O) groups is 1. The normalized spacial score (nSPS) is 12.4. The van der Waals surface area contributed by atoms with E-state index in [2.05, 4.69) is 17.3 Å². The summed E-state index contributed by atoms with van der Waals surface area (Å²) in [6.45, 7) is 5.10. The summed E-state index contributed by atoms with van der Waals surface area (Å²) in [4.78, 5) is 12.2. The van der Waals surface area contributed by atoms with E-state index in [4.69, 9.17) is 10.5 Å². The van der Waals surface area contributed by atoms with E-state index in [1.54, 1.807) is 11.8 Å². The second-order valence-corrected chi connectivity index (χ2v) is 4.18. The van der Waals surface area contributed by atoms with Gasteiger partial charge in [-0.3, -0.25) is 9.48 Å². The van der Waals surface area contributed by atoms with Crippen molar-refractivity contribution in [2.24, 2.45) is 0 Å². The van der Waals surface area contributed by atoms with E-state index in [1.165, 1.54) is 6.20 Å². The number of rotatable bonds is 7. The Morgan fingerprint density at radius 2 is 2.33 bits per heavy atom. The van der Waals surface area contributed by atoms with Gasteiger partial charge in [-0.2, -0.15) is 5.10 Å². The average molecular weight is 254 g/mol. The van der Waals surface area contributed by atoms with Crippen LogP contribution in [0.15, 0.2) is 6.20 Å². The van der Waals surface area contributed by atoms with Crippen LogP contribution in [0.5, 0.6) is 0 Å². The molecule has 6 heteroatoms. The summed E-state index contributed by atoms with van der Waals surface area (Å²) in [7, 11) is 1.62. The highest BCUT2D eigenvalue weighted by molar-refractivity contribution is 5.97. The van der Waals surface area contributed by atoms with Crippen LogP contribution < -0.4 is 11.1 Å². The molecule has 1 heterocycles. The Labute approximate surface area is 107 Å². The summed E-state index contributed by atoms with van der Waals surface area (Å²) in [5.74, 6) is -0.192. The van der Waals surface area contributed by atoms with Gasteiger partial charge >= 0.3 is 0 Å². The van der Waals surface area contributed by atoms with Crippen molar-refractivity contribution in [3.63, 3.8) is 0 Å². The number of nitrogens with one attached hydrogen (secondary N) is 1. The third kappa shape index (κ3) is 3.46. The first-order valence-electron chi connectivity index (χ1n) is 6.25. The van der Waals surface area contributed by atoms with Crippen LogP contribution in [0.2, 0.25) is 0 Å². The molecule has 0 aliphatic heterocycles. The molecule has 1 aromatic heterocycles. The van der Waals surface area contributed by atoms with Crippen LogP contribution in [0, 0.1) is 0 Å². The maximum atomic E-state index is 12.2. The number of aryl methyl sites for hydroxylation is 1. The van der Waals surface area contributed by atoms with Gasteiger partial charge in [0, 0.05) is 13.7 Å². The number of ether oxygens (including phenoxy) is 1. The zero-order valence-electron chi connectivity index (χ0n) is 11.3. The van der Waals surface area contributed by atoms with Crippen LogP contribution in [0.3, 0.4) is 0 Å². The topological polar surface area (TPSA) is 82.2 Å². The van der Waals surface area contributed by atoms with Crippen LogP contribution in [-0.2, 0) is 11.3 Å². The fraction of sp³-hybridized carbons (Fsp3) is 0.667. The number of methoxy groups -OCH3 is 1. The van der Waals surface area contributed by atoms with Crippen molar-refractivity contribution in [1.82, 2.24) is 15.1 Å². The third-order valence-corrected chi connectivity index (χ3v) is 2.72. The van der Waals surface area contributed by atoms with Crippen LogP contribution in [0.4, 0.5) is 5.69 Å². The van der Waals surface area contributed by atoms with Crippen molar-refractivity contribution in [2.75, 3.05) is 19.5 Å². The molecule has 0 bridgehead atoms. The molecule has 1 unspecified atom stereocenters. The van der Waals surface area contributed by atoms with Crippen LogP contribution in [0.25, 0.3) is 0 Å². The minimum Gasteiger partial charge on any atom is -0.396 e. The van der Waals surface area contributed by atoms with E-state index < -0.39 is 0 Å². The van der Waals surface area contributed by atoms with Crippen LogP contribution in [0.1, 0.15) is 37.2 Å². The van der Waals surface area contributed by atoms with Crippen molar-refractivity contribution in [1.29, 1.82) is 0 Å².